The number of hydrogen-bond donors (Lipinski definition) is 0. The van der Waals surface area contributed by atoms with Gasteiger partial charge in [-0.15, -0.1) is 0 Å². The molecule has 21 heavy (non-hydrogen) atoms. The van der Waals surface area contributed by atoms with E-state index in [1.165, 1.54) is 5.56 Å². The van der Waals surface area contributed by atoms with E-state index >= 15 is 0 Å². The quantitative estimate of drug-likeness (QED) is 0.711. The summed E-state index contributed by atoms with van der Waals surface area (Å²) >= 11 is 1.99. The summed E-state index contributed by atoms with van der Waals surface area (Å²) in [6, 6.07) is 19.6. The molecule has 0 aliphatic carbocycles. The van der Waals surface area contributed by atoms with E-state index in [-0.39, 0.29) is 0 Å². The number of nitrogens with zero attached hydrogens (tertiary/aromatic N) is 2. The standard InChI is InChI=1S/C17H16N2OS/c1-2-6-13(7-3-1)15-12-21-11-10-19(15)17-18-14-8-4-5-9-16(14)20-17/h1-9,15H,10-12H2/t15-/m1/s1. The summed E-state index contributed by atoms with van der Waals surface area (Å²) in [5.74, 6) is 2.19. The molecule has 2 heterocycles. The Labute approximate surface area is 128 Å². The molecule has 0 bridgehead atoms. The average Bonchev–Trinajstić information content (AvgIpc) is 2.99. The Bertz CT molecular complexity index is 708. The zero-order valence-corrected chi connectivity index (χ0v) is 12.4. The van der Waals surface area contributed by atoms with E-state index in [1.807, 2.05) is 36.0 Å². The molecule has 0 amide bonds. The highest BCUT2D eigenvalue weighted by Crippen LogP contribution is 2.34. The van der Waals surface area contributed by atoms with Gasteiger partial charge in [0.05, 0.1) is 6.04 Å². The molecule has 1 fully saturated rings. The van der Waals surface area contributed by atoms with Crippen LogP contribution in [0.15, 0.2) is 59.0 Å². The third-order valence-electron chi connectivity index (χ3n) is 3.84. The lowest BCUT2D eigenvalue weighted by molar-refractivity contribution is 0.538. The van der Waals surface area contributed by atoms with Crippen LogP contribution >= 0.6 is 11.8 Å². The molecular formula is C17H16N2OS. The second-order valence-corrected chi connectivity index (χ2v) is 6.31. The van der Waals surface area contributed by atoms with Gasteiger partial charge in [0.15, 0.2) is 5.58 Å². The molecule has 0 saturated carbocycles. The van der Waals surface area contributed by atoms with Crippen LogP contribution < -0.4 is 4.90 Å². The van der Waals surface area contributed by atoms with Crippen LogP contribution in [0.3, 0.4) is 0 Å². The van der Waals surface area contributed by atoms with Gasteiger partial charge in [0.25, 0.3) is 6.01 Å². The highest BCUT2D eigenvalue weighted by atomic mass is 32.2. The summed E-state index contributed by atoms with van der Waals surface area (Å²) in [6.45, 7) is 0.969. The minimum atomic E-state index is 0.331. The molecule has 4 heteroatoms. The van der Waals surface area contributed by atoms with Crippen molar-refractivity contribution in [3.63, 3.8) is 0 Å². The summed E-state index contributed by atoms with van der Waals surface area (Å²) in [6.07, 6.45) is 0. The van der Waals surface area contributed by atoms with E-state index in [4.69, 9.17) is 4.42 Å². The van der Waals surface area contributed by atoms with Gasteiger partial charge in [-0.1, -0.05) is 42.5 Å². The Hall–Kier alpha value is -1.94. The molecule has 0 spiro atoms. The molecule has 0 N–H and O–H groups in total. The van der Waals surface area contributed by atoms with E-state index in [0.29, 0.717) is 6.04 Å². The number of benzene rings is 2. The van der Waals surface area contributed by atoms with Crippen LogP contribution in [-0.2, 0) is 0 Å². The number of hydrogen-bond acceptors (Lipinski definition) is 4. The monoisotopic (exact) mass is 296 g/mol. The molecule has 4 rings (SSSR count). The van der Waals surface area contributed by atoms with Crippen LogP contribution in [0.25, 0.3) is 11.1 Å². The Morgan fingerprint density at radius 3 is 2.71 bits per heavy atom. The van der Waals surface area contributed by atoms with Gasteiger partial charge < -0.3 is 9.32 Å². The summed E-state index contributed by atoms with van der Waals surface area (Å²) in [5, 5.41) is 0. The first-order valence-electron chi connectivity index (χ1n) is 7.17. The van der Waals surface area contributed by atoms with Crippen LogP contribution in [0.1, 0.15) is 11.6 Å². The van der Waals surface area contributed by atoms with Crippen molar-refractivity contribution < 1.29 is 4.42 Å². The Balaban J connectivity index is 1.73. The summed E-state index contributed by atoms with van der Waals surface area (Å²) in [4.78, 5) is 6.96. The van der Waals surface area contributed by atoms with E-state index < -0.39 is 0 Å². The minimum Gasteiger partial charge on any atom is -0.423 e. The van der Waals surface area contributed by atoms with E-state index in [9.17, 15) is 0 Å². The van der Waals surface area contributed by atoms with E-state index in [0.717, 1.165) is 35.2 Å². The van der Waals surface area contributed by atoms with Gasteiger partial charge in [0.1, 0.15) is 5.52 Å². The lowest BCUT2D eigenvalue weighted by Crippen LogP contribution is -2.36. The molecule has 2 aromatic carbocycles. The maximum absolute atomic E-state index is 5.96. The van der Waals surface area contributed by atoms with Crippen molar-refractivity contribution in [2.24, 2.45) is 0 Å². The van der Waals surface area contributed by atoms with Crippen molar-refractivity contribution in [3.8, 4) is 0 Å². The fourth-order valence-corrected chi connectivity index (χ4v) is 3.86. The first kappa shape index (κ1) is 12.8. The molecular weight excluding hydrogens is 280 g/mol. The van der Waals surface area contributed by atoms with Gasteiger partial charge >= 0.3 is 0 Å². The Morgan fingerprint density at radius 1 is 1.05 bits per heavy atom. The molecule has 106 valence electrons. The first-order chi connectivity index (χ1) is 10.4. The van der Waals surface area contributed by atoms with Crippen LogP contribution in [0, 0.1) is 0 Å². The number of rotatable bonds is 2. The van der Waals surface area contributed by atoms with Crippen LogP contribution in [0.2, 0.25) is 0 Å². The zero-order valence-electron chi connectivity index (χ0n) is 11.6. The van der Waals surface area contributed by atoms with Crippen LogP contribution in [0.4, 0.5) is 6.01 Å². The Kier molecular flexibility index (Phi) is 3.31. The van der Waals surface area contributed by atoms with E-state index in [1.54, 1.807) is 0 Å². The molecule has 1 atom stereocenters. The van der Waals surface area contributed by atoms with Gasteiger partial charge in [-0.05, 0) is 17.7 Å². The second-order valence-electron chi connectivity index (χ2n) is 5.16. The SMILES string of the molecule is c1ccc([C@H]2CSCCN2c2nc3ccccc3o2)cc1. The maximum atomic E-state index is 5.96. The van der Waals surface area contributed by atoms with Gasteiger partial charge in [0.2, 0.25) is 0 Å². The number of para-hydroxylation sites is 2. The molecule has 3 nitrogen and oxygen atoms in total. The summed E-state index contributed by atoms with van der Waals surface area (Å²) in [5.41, 5.74) is 3.11. The Morgan fingerprint density at radius 2 is 1.86 bits per heavy atom. The van der Waals surface area contributed by atoms with Gasteiger partial charge in [-0.25, -0.2) is 0 Å². The summed E-state index contributed by atoms with van der Waals surface area (Å²) < 4.78 is 5.96. The van der Waals surface area contributed by atoms with Crippen molar-refractivity contribution in [1.82, 2.24) is 4.98 Å². The predicted octanol–water partition coefficient (Wildman–Crippen LogP) is 4.12. The third-order valence-corrected chi connectivity index (χ3v) is 4.86. The molecule has 0 unspecified atom stereocenters. The first-order valence-corrected chi connectivity index (χ1v) is 8.32. The molecule has 1 aromatic heterocycles. The van der Waals surface area contributed by atoms with Crippen molar-refractivity contribution >= 4 is 28.9 Å². The smallest absolute Gasteiger partial charge is 0.298 e. The molecule has 1 aliphatic heterocycles. The predicted molar refractivity (Wildman–Crippen MR) is 87.9 cm³/mol. The number of aromatic nitrogens is 1. The lowest BCUT2D eigenvalue weighted by Gasteiger charge is -2.34. The van der Waals surface area contributed by atoms with Crippen molar-refractivity contribution in [3.05, 3.63) is 60.2 Å². The van der Waals surface area contributed by atoms with Crippen molar-refractivity contribution in [2.45, 2.75) is 6.04 Å². The van der Waals surface area contributed by atoms with Crippen LogP contribution in [-0.4, -0.2) is 23.0 Å². The summed E-state index contributed by atoms with van der Waals surface area (Å²) in [7, 11) is 0. The maximum Gasteiger partial charge on any atom is 0.298 e. The highest BCUT2D eigenvalue weighted by molar-refractivity contribution is 7.99. The topological polar surface area (TPSA) is 29.3 Å². The lowest BCUT2D eigenvalue weighted by atomic mass is 10.1. The van der Waals surface area contributed by atoms with Gasteiger partial charge in [0, 0.05) is 18.1 Å². The van der Waals surface area contributed by atoms with Crippen molar-refractivity contribution in [2.75, 3.05) is 23.0 Å². The molecule has 3 aromatic rings. The highest BCUT2D eigenvalue weighted by Gasteiger charge is 2.27. The largest absolute Gasteiger partial charge is 0.423 e. The number of thioether (sulfide) groups is 1. The van der Waals surface area contributed by atoms with E-state index in [2.05, 4.69) is 40.2 Å². The normalized spacial score (nSPS) is 19.0. The number of fused-ring (bicyclic) bond motifs is 1. The third kappa shape index (κ3) is 2.40. The zero-order chi connectivity index (χ0) is 14.1. The second kappa shape index (κ2) is 5.45. The van der Waals surface area contributed by atoms with Crippen LogP contribution in [0.5, 0.6) is 0 Å². The molecule has 0 radical (unpaired) electrons. The van der Waals surface area contributed by atoms with Gasteiger partial charge in [-0.3, -0.25) is 0 Å². The number of anilines is 1. The molecule has 1 saturated heterocycles. The number of oxazole rings is 1. The van der Waals surface area contributed by atoms with Crippen molar-refractivity contribution in [1.29, 1.82) is 0 Å². The fourth-order valence-electron chi connectivity index (χ4n) is 2.77. The average molecular weight is 296 g/mol. The molecule has 1 aliphatic rings. The minimum absolute atomic E-state index is 0.331. The van der Waals surface area contributed by atoms with Gasteiger partial charge in [-0.2, -0.15) is 16.7 Å². The fraction of sp³-hybridized carbons (Fsp3) is 0.235.